The van der Waals surface area contributed by atoms with Gasteiger partial charge in [0.2, 0.25) is 0 Å². The first-order chi connectivity index (χ1) is 11.4. The Labute approximate surface area is 136 Å². The van der Waals surface area contributed by atoms with Gasteiger partial charge in [0.1, 0.15) is 18.2 Å². The molecular formula is C16H15F2N3O3. The highest BCUT2D eigenvalue weighted by Gasteiger charge is 2.37. The van der Waals surface area contributed by atoms with Crippen molar-refractivity contribution in [2.45, 2.75) is 26.5 Å². The summed E-state index contributed by atoms with van der Waals surface area (Å²) in [6.07, 6.45) is 3.06. The summed E-state index contributed by atoms with van der Waals surface area (Å²) in [6.45, 7) is 3.01. The van der Waals surface area contributed by atoms with E-state index < -0.39 is 23.6 Å². The molecule has 0 spiro atoms. The lowest BCUT2D eigenvalue weighted by Gasteiger charge is -2.30. The molecule has 2 aliphatic rings. The van der Waals surface area contributed by atoms with Crippen LogP contribution in [0.15, 0.2) is 47.1 Å². The van der Waals surface area contributed by atoms with Crippen molar-refractivity contribution in [1.29, 1.82) is 0 Å². The Bertz CT molecular complexity index is 769. The number of carbonyl (C=O) groups is 1. The monoisotopic (exact) mass is 335 g/mol. The summed E-state index contributed by atoms with van der Waals surface area (Å²) in [5, 5.41) is 10.6. The highest BCUT2D eigenvalue weighted by atomic mass is 19.1. The van der Waals surface area contributed by atoms with Gasteiger partial charge in [0.15, 0.2) is 11.9 Å². The van der Waals surface area contributed by atoms with Gasteiger partial charge in [0.25, 0.3) is 0 Å². The van der Waals surface area contributed by atoms with E-state index in [4.69, 9.17) is 4.84 Å². The van der Waals surface area contributed by atoms with Crippen molar-refractivity contribution < 1.29 is 23.5 Å². The molecule has 8 heteroatoms. The van der Waals surface area contributed by atoms with E-state index >= 15 is 0 Å². The number of hydrogen-bond donors (Lipinski definition) is 1. The van der Waals surface area contributed by atoms with E-state index in [1.54, 1.807) is 20.0 Å². The number of halogens is 2. The van der Waals surface area contributed by atoms with Crippen molar-refractivity contribution in [3.05, 3.63) is 59.3 Å². The molecule has 0 amide bonds. The Kier molecular flexibility index (Phi) is 4.06. The molecule has 1 aromatic carbocycles. The fraction of sp³-hybridized carbons (Fsp3) is 0.250. The van der Waals surface area contributed by atoms with Crippen LogP contribution in [0.5, 0.6) is 0 Å². The van der Waals surface area contributed by atoms with E-state index in [1.165, 1.54) is 22.2 Å². The minimum Gasteiger partial charge on any atom is -0.479 e. The lowest BCUT2D eigenvalue weighted by atomic mass is 10.2. The average molecular weight is 335 g/mol. The van der Waals surface area contributed by atoms with Crippen molar-refractivity contribution in [1.82, 2.24) is 9.96 Å². The van der Waals surface area contributed by atoms with Crippen LogP contribution >= 0.6 is 0 Å². The fourth-order valence-electron chi connectivity index (χ4n) is 2.58. The van der Waals surface area contributed by atoms with Gasteiger partial charge in [-0.25, -0.2) is 23.6 Å². The number of fused-ring (bicyclic) bond motifs is 1. The van der Waals surface area contributed by atoms with Crippen molar-refractivity contribution in [2.75, 3.05) is 0 Å². The molecule has 24 heavy (non-hydrogen) atoms. The number of hydrogen-bond acceptors (Lipinski definition) is 5. The zero-order chi connectivity index (χ0) is 17.4. The predicted octanol–water partition coefficient (Wildman–Crippen LogP) is 2.60. The van der Waals surface area contributed by atoms with E-state index in [-0.39, 0.29) is 12.2 Å². The zero-order valence-electron chi connectivity index (χ0n) is 13.0. The summed E-state index contributed by atoms with van der Waals surface area (Å²) < 4.78 is 27.3. The summed E-state index contributed by atoms with van der Waals surface area (Å²) in [5.41, 5.74) is 0.826. The zero-order valence-corrected chi connectivity index (χ0v) is 13.0. The molecule has 0 saturated carbocycles. The minimum atomic E-state index is -1.01. The van der Waals surface area contributed by atoms with Crippen LogP contribution in [0.1, 0.15) is 19.4 Å². The number of allylic oxidation sites excluding steroid dienone is 1. The van der Waals surface area contributed by atoms with Gasteiger partial charge in [0, 0.05) is 6.20 Å². The molecule has 0 saturated heterocycles. The fourth-order valence-corrected chi connectivity index (χ4v) is 2.58. The summed E-state index contributed by atoms with van der Waals surface area (Å²) in [4.78, 5) is 22.5. The van der Waals surface area contributed by atoms with Crippen LogP contribution in [0.25, 0.3) is 0 Å². The van der Waals surface area contributed by atoms with E-state index in [0.717, 1.165) is 12.1 Å². The van der Waals surface area contributed by atoms with Gasteiger partial charge in [-0.1, -0.05) is 6.07 Å². The van der Waals surface area contributed by atoms with Crippen LogP contribution in [0, 0.1) is 11.6 Å². The normalized spacial score (nSPS) is 19.7. The molecular weight excluding hydrogens is 320 g/mol. The summed E-state index contributed by atoms with van der Waals surface area (Å²) in [7, 11) is 0. The van der Waals surface area contributed by atoms with E-state index in [2.05, 4.69) is 4.99 Å². The highest BCUT2D eigenvalue weighted by molar-refractivity contribution is 6.06. The maximum atomic E-state index is 13.6. The third-order valence-corrected chi connectivity index (χ3v) is 3.78. The van der Waals surface area contributed by atoms with Crippen LogP contribution in [0.4, 0.5) is 8.78 Å². The van der Waals surface area contributed by atoms with E-state index in [0.29, 0.717) is 17.2 Å². The molecule has 1 N–H and O–H groups in total. The molecule has 6 nitrogen and oxygen atoms in total. The molecule has 0 aliphatic carbocycles. The number of carboxylic acids is 1. The first-order valence-electron chi connectivity index (χ1n) is 7.20. The Balaban J connectivity index is 1.79. The Morgan fingerprint density at radius 3 is 2.58 bits per heavy atom. The predicted molar refractivity (Wildman–Crippen MR) is 81.2 cm³/mol. The molecule has 2 aliphatic heterocycles. The van der Waals surface area contributed by atoms with Crippen LogP contribution in [0.3, 0.4) is 0 Å². The molecule has 0 aromatic heterocycles. The van der Waals surface area contributed by atoms with E-state index in [9.17, 15) is 18.7 Å². The Hall–Kier alpha value is -2.74. The quantitative estimate of drug-likeness (QED) is 0.916. The molecule has 1 aromatic rings. The summed E-state index contributed by atoms with van der Waals surface area (Å²) >= 11 is 0. The molecule has 126 valence electrons. The maximum Gasteiger partial charge on any atom is 0.332 e. The molecule has 1 unspecified atom stereocenters. The number of aliphatic imine (C=N–C) groups is 1. The second-order valence-corrected chi connectivity index (χ2v) is 5.46. The van der Waals surface area contributed by atoms with Gasteiger partial charge < -0.3 is 10.0 Å². The van der Waals surface area contributed by atoms with Crippen molar-refractivity contribution in [2.24, 2.45) is 4.99 Å². The molecule has 0 bridgehead atoms. The molecule has 0 fully saturated rings. The van der Waals surface area contributed by atoms with E-state index in [1.807, 2.05) is 0 Å². The summed E-state index contributed by atoms with van der Waals surface area (Å²) in [6, 6.07) is 2.73. The van der Waals surface area contributed by atoms with Crippen LogP contribution < -0.4 is 0 Å². The second-order valence-electron chi connectivity index (χ2n) is 5.46. The number of carboxylic acid groups (broad SMARTS) is 1. The maximum absolute atomic E-state index is 13.6. The van der Waals surface area contributed by atoms with Crippen LogP contribution in [-0.4, -0.2) is 32.8 Å². The van der Waals surface area contributed by atoms with Gasteiger partial charge >= 0.3 is 5.97 Å². The first kappa shape index (κ1) is 16.1. The van der Waals surface area contributed by atoms with Crippen molar-refractivity contribution in [3.63, 3.8) is 0 Å². The third-order valence-electron chi connectivity index (χ3n) is 3.78. The average Bonchev–Trinajstić information content (AvgIpc) is 2.81. The van der Waals surface area contributed by atoms with Crippen LogP contribution in [-0.2, 0) is 16.2 Å². The number of hydroxylamine groups is 2. The van der Waals surface area contributed by atoms with Gasteiger partial charge in [-0.15, -0.1) is 0 Å². The molecule has 0 radical (unpaired) electrons. The first-order valence-corrected chi connectivity index (χ1v) is 7.20. The molecule has 2 heterocycles. The standard InChI is InChI=1S/C16H15F2N3O3/c1-9-6-20-14(19-10(2)15(20)16(22)23)7-21(9)24-8-11-12(17)4-3-5-13(11)18/h3-7,15H,8H2,1-2H3,(H,22,23). The number of benzene rings is 1. The van der Waals surface area contributed by atoms with Gasteiger partial charge in [0.05, 0.1) is 23.2 Å². The summed E-state index contributed by atoms with van der Waals surface area (Å²) in [5.74, 6) is -2.00. The molecule has 1 atom stereocenters. The lowest BCUT2D eigenvalue weighted by Crippen LogP contribution is -2.39. The number of aliphatic carboxylic acids is 1. The van der Waals surface area contributed by atoms with Crippen LogP contribution in [0.2, 0.25) is 0 Å². The van der Waals surface area contributed by atoms with Gasteiger partial charge in [-0.05, 0) is 26.0 Å². The number of rotatable bonds is 4. The SMILES string of the molecule is CC1=CN2C(=CN1OCc1c(F)cccc1F)N=C(C)C2C(=O)O. The Morgan fingerprint density at radius 2 is 1.96 bits per heavy atom. The largest absolute Gasteiger partial charge is 0.479 e. The van der Waals surface area contributed by atoms with Crippen molar-refractivity contribution >= 4 is 11.7 Å². The highest BCUT2D eigenvalue weighted by Crippen LogP contribution is 2.29. The smallest absolute Gasteiger partial charge is 0.332 e. The van der Waals surface area contributed by atoms with Gasteiger partial charge in [-0.2, -0.15) is 0 Å². The van der Waals surface area contributed by atoms with Gasteiger partial charge in [-0.3, -0.25) is 4.84 Å². The minimum absolute atomic E-state index is 0.180. The number of nitrogens with zero attached hydrogens (tertiary/aromatic N) is 3. The lowest BCUT2D eigenvalue weighted by molar-refractivity contribution is -0.139. The third kappa shape index (κ3) is 2.76. The Morgan fingerprint density at radius 1 is 1.29 bits per heavy atom. The topological polar surface area (TPSA) is 65.4 Å². The van der Waals surface area contributed by atoms with Crippen molar-refractivity contribution in [3.8, 4) is 0 Å². The second kappa shape index (κ2) is 6.04. The molecule has 3 rings (SSSR count).